The van der Waals surface area contributed by atoms with Crippen molar-refractivity contribution in [2.75, 3.05) is 0 Å². The maximum atomic E-state index is 11.1. The lowest BCUT2D eigenvalue weighted by Gasteiger charge is -2.37. The first kappa shape index (κ1) is 20.9. The van der Waals surface area contributed by atoms with Crippen LogP contribution in [0.3, 0.4) is 0 Å². The molecule has 4 nitrogen and oxygen atoms in total. The topological polar surface area (TPSA) is 50.9 Å². The van der Waals surface area contributed by atoms with Crippen molar-refractivity contribution in [3.05, 3.63) is 155 Å². The van der Waals surface area contributed by atoms with Crippen molar-refractivity contribution in [2.45, 2.75) is 18.6 Å². The fourth-order valence-corrected chi connectivity index (χ4v) is 4.52. The van der Waals surface area contributed by atoms with E-state index in [4.69, 9.17) is 0 Å². The molecule has 0 spiro atoms. The van der Waals surface area contributed by atoms with Gasteiger partial charge in [0.2, 0.25) is 0 Å². The van der Waals surface area contributed by atoms with Gasteiger partial charge in [0.15, 0.2) is 0 Å². The lowest BCUT2D eigenvalue weighted by molar-refractivity contribution is 0.210. The SMILES string of the molecule is Cc1cccc(C(O)c2cn(C(c3ccccc3)(c3ccccc3)c3ccccc3)cn2)n1. The maximum Gasteiger partial charge on any atom is 0.139 e. The van der Waals surface area contributed by atoms with E-state index in [0.29, 0.717) is 11.4 Å². The molecule has 3 aromatic carbocycles. The fraction of sp³-hybridized carbons (Fsp3) is 0.103. The molecule has 1 unspecified atom stereocenters. The number of benzene rings is 3. The molecule has 0 aliphatic carbocycles. The van der Waals surface area contributed by atoms with Gasteiger partial charge in [0, 0.05) is 11.9 Å². The number of hydrogen-bond donors (Lipinski definition) is 1. The van der Waals surface area contributed by atoms with Crippen molar-refractivity contribution in [2.24, 2.45) is 0 Å². The molecule has 0 saturated heterocycles. The highest BCUT2D eigenvalue weighted by Gasteiger charge is 2.38. The normalized spacial score (nSPS) is 12.4. The Bertz CT molecular complexity index is 1230. The van der Waals surface area contributed by atoms with E-state index in [2.05, 4.69) is 87.3 Å². The highest BCUT2D eigenvalue weighted by molar-refractivity contribution is 5.50. The molecule has 162 valence electrons. The molecule has 5 rings (SSSR count). The Morgan fingerprint density at radius 2 is 1.18 bits per heavy atom. The minimum Gasteiger partial charge on any atom is -0.380 e. The van der Waals surface area contributed by atoms with Crippen molar-refractivity contribution >= 4 is 0 Å². The average molecular weight is 432 g/mol. The number of pyridine rings is 1. The summed E-state index contributed by atoms with van der Waals surface area (Å²) in [6, 6.07) is 36.9. The van der Waals surface area contributed by atoms with Crippen LogP contribution >= 0.6 is 0 Å². The molecule has 0 aliphatic heterocycles. The van der Waals surface area contributed by atoms with Gasteiger partial charge in [-0.05, 0) is 35.7 Å². The molecule has 0 radical (unpaired) electrons. The summed E-state index contributed by atoms with van der Waals surface area (Å²) in [5.74, 6) is 0. The molecule has 0 aliphatic rings. The van der Waals surface area contributed by atoms with Crippen LogP contribution in [-0.2, 0) is 5.54 Å². The summed E-state index contributed by atoms with van der Waals surface area (Å²) in [6.07, 6.45) is 2.83. The molecule has 0 amide bonds. The van der Waals surface area contributed by atoms with Crippen molar-refractivity contribution in [1.82, 2.24) is 14.5 Å². The van der Waals surface area contributed by atoms with Gasteiger partial charge in [0.25, 0.3) is 0 Å². The van der Waals surface area contributed by atoms with E-state index in [1.165, 1.54) is 0 Å². The van der Waals surface area contributed by atoms with Gasteiger partial charge in [-0.3, -0.25) is 4.98 Å². The van der Waals surface area contributed by atoms with Crippen molar-refractivity contribution < 1.29 is 5.11 Å². The zero-order valence-corrected chi connectivity index (χ0v) is 18.4. The quantitative estimate of drug-likeness (QED) is 0.361. The Morgan fingerprint density at radius 3 is 1.67 bits per heavy atom. The molecule has 0 bridgehead atoms. The fourth-order valence-electron chi connectivity index (χ4n) is 4.52. The summed E-state index contributed by atoms with van der Waals surface area (Å²) in [6.45, 7) is 1.92. The molecule has 4 heteroatoms. The number of imidazole rings is 1. The zero-order valence-electron chi connectivity index (χ0n) is 18.4. The Balaban J connectivity index is 1.74. The summed E-state index contributed by atoms with van der Waals surface area (Å²) in [5.41, 5.74) is 4.66. The predicted octanol–water partition coefficient (Wildman–Crippen LogP) is 5.51. The molecule has 33 heavy (non-hydrogen) atoms. The molecule has 2 heterocycles. The van der Waals surface area contributed by atoms with Crippen molar-refractivity contribution in [3.63, 3.8) is 0 Å². The lowest BCUT2D eigenvalue weighted by Crippen LogP contribution is -2.37. The highest BCUT2D eigenvalue weighted by Crippen LogP contribution is 2.41. The molecule has 2 aromatic heterocycles. The third-order valence-corrected chi connectivity index (χ3v) is 6.03. The monoisotopic (exact) mass is 431 g/mol. The minimum absolute atomic E-state index is 0.556. The number of aromatic nitrogens is 3. The first-order valence-corrected chi connectivity index (χ1v) is 11.0. The summed E-state index contributed by atoms with van der Waals surface area (Å²) >= 11 is 0. The van der Waals surface area contributed by atoms with E-state index in [0.717, 1.165) is 22.4 Å². The van der Waals surface area contributed by atoms with E-state index < -0.39 is 11.6 Å². The van der Waals surface area contributed by atoms with Crippen LogP contribution in [0.2, 0.25) is 0 Å². The Labute approximate surface area is 193 Å². The smallest absolute Gasteiger partial charge is 0.139 e. The number of nitrogens with zero attached hydrogens (tertiary/aromatic N) is 3. The van der Waals surface area contributed by atoms with Gasteiger partial charge in [-0.1, -0.05) is 97.1 Å². The number of aliphatic hydroxyl groups is 1. The first-order chi connectivity index (χ1) is 16.2. The van der Waals surface area contributed by atoms with Crippen molar-refractivity contribution in [3.8, 4) is 0 Å². The molecule has 1 N–H and O–H groups in total. The van der Waals surface area contributed by atoms with Gasteiger partial charge in [0.1, 0.15) is 11.6 Å². The predicted molar refractivity (Wildman–Crippen MR) is 130 cm³/mol. The zero-order chi connectivity index (χ0) is 22.7. The van der Waals surface area contributed by atoms with E-state index in [-0.39, 0.29) is 0 Å². The second-order valence-electron chi connectivity index (χ2n) is 8.12. The number of aryl methyl sites for hydroxylation is 1. The van der Waals surface area contributed by atoms with Gasteiger partial charge in [-0.25, -0.2) is 4.98 Å². The molecule has 0 fully saturated rings. The van der Waals surface area contributed by atoms with E-state index in [1.807, 2.05) is 49.5 Å². The number of hydrogen-bond acceptors (Lipinski definition) is 3. The van der Waals surface area contributed by atoms with Crippen LogP contribution in [-0.4, -0.2) is 19.6 Å². The van der Waals surface area contributed by atoms with Crippen LogP contribution in [0.4, 0.5) is 0 Å². The van der Waals surface area contributed by atoms with Crippen LogP contribution in [0.1, 0.15) is 39.9 Å². The third-order valence-electron chi connectivity index (χ3n) is 6.03. The summed E-state index contributed by atoms with van der Waals surface area (Å²) < 4.78 is 2.10. The van der Waals surface area contributed by atoms with Crippen LogP contribution in [0.25, 0.3) is 0 Å². The second kappa shape index (κ2) is 8.85. The van der Waals surface area contributed by atoms with Crippen LogP contribution in [0, 0.1) is 6.92 Å². The summed E-state index contributed by atoms with van der Waals surface area (Å²) in [5, 5.41) is 11.1. The summed E-state index contributed by atoms with van der Waals surface area (Å²) in [7, 11) is 0. The van der Waals surface area contributed by atoms with Crippen LogP contribution < -0.4 is 0 Å². The van der Waals surface area contributed by atoms with Crippen LogP contribution in [0.5, 0.6) is 0 Å². The number of aliphatic hydroxyl groups excluding tert-OH is 1. The lowest BCUT2D eigenvalue weighted by atomic mass is 9.77. The van der Waals surface area contributed by atoms with E-state index >= 15 is 0 Å². The molecule has 0 saturated carbocycles. The van der Waals surface area contributed by atoms with E-state index in [1.54, 1.807) is 6.33 Å². The molecule has 5 aromatic rings. The first-order valence-electron chi connectivity index (χ1n) is 11.0. The largest absolute Gasteiger partial charge is 0.380 e. The Morgan fingerprint density at radius 1 is 0.667 bits per heavy atom. The summed E-state index contributed by atoms with van der Waals surface area (Å²) in [4.78, 5) is 9.13. The molecular formula is C29H25N3O. The highest BCUT2D eigenvalue weighted by atomic mass is 16.3. The van der Waals surface area contributed by atoms with Gasteiger partial charge in [0.05, 0.1) is 17.7 Å². The Kier molecular flexibility index (Phi) is 5.59. The average Bonchev–Trinajstić information content (AvgIpc) is 3.37. The second-order valence-corrected chi connectivity index (χ2v) is 8.12. The van der Waals surface area contributed by atoms with Gasteiger partial charge in [-0.15, -0.1) is 0 Å². The van der Waals surface area contributed by atoms with Gasteiger partial charge >= 0.3 is 0 Å². The van der Waals surface area contributed by atoms with Gasteiger partial charge < -0.3 is 9.67 Å². The number of rotatable bonds is 6. The third kappa shape index (κ3) is 3.75. The molecule has 1 atom stereocenters. The van der Waals surface area contributed by atoms with Crippen molar-refractivity contribution in [1.29, 1.82) is 0 Å². The van der Waals surface area contributed by atoms with Gasteiger partial charge in [-0.2, -0.15) is 0 Å². The van der Waals surface area contributed by atoms with Crippen LogP contribution in [0.15, 0.2) is 122 Å². The standard InChI is InChI=1S/C29H25N3O/c1-22-12-11-19-26(31-22)28(33)27-20-32(21-30-27)29(23-13-5-2-6-14-23,24-15-7-3-8-16-24)25-17-9-4-10-18-25/h2-21,28,33H,1H3. The Hall–Kier alpha value is -4.02. The minimum atomic E-state index is -0.911. The van der Waals surface area contributed by atoms with E-state index in [9.17, 15) is 5.11 Å². The molecular weight excluding hydrogens is 406 g/mol. The maximum absolute atomic E-state index is 11.1.